The van der Waals surface area contributed by atoms with E-state index in [4.69, 9.17) is 14.2 Å². The van der Waals surface area contributed by atoms with Crippen LogP contribution in [0.4, 0.5) is 0 Å². The molecule has 0 unspecified atom stereocenters. The summed E-state index contributed by atoms with van der Waals surface area (Å²) in [6.07, 6.45) is -0.826. The Morgan fingerprint density at radius 2 is 1.84 bits per heavy atom. The van der Waals surface area contributed by atoms with Gasteiger partial charge in [0.1, 0.15) is 29.9 Å². The number of carbonyl (C=O) groups excluding carboxylic acids is 1. The third-order valence-corrected chi connectivity index (χ3v) is 8.44. The number of ether oxygens (including phenoxy) is 3. The second kappa shape index (κ2) is 7.94. The van der Waals surface area contributed by atoms with E-state index in [9.17, 15) is 9.90 Å². The Hall–Kier alpha value is -0.740. The maximum absolute atomic E-state index is 13.1. The SMILES string of the molecule is C[C@H](c1ccccc1)[N@@+]12CC[C@H](I)[C@@H]1[C@H]1OC(C)(C)O[C@H]1[C@@H]2[C@@H](O)C(=O)OC(C)(C)C. The molecule has 0 amide bonds. The first-order chi connectivity index (χ1) is 14.4. The van der Waals surface area contributed by atoms with Crippen LogP contribution in [0.3, 0.4) is 0 Å². The van der Waals surface area contributed by atoms with Gasteiger partial charge in [-0.3, -0.25) is 0 Å². The molecule has 0 saturated carbocycles. The van der Waals surface area contributed by atoms with E-state index < -0.39 is 29.5 Å². The normalized spacial score (nSPS) is 38.4. The zero-order valence-electron chi connectivity index (χ0n) is 19.2. The van der Waals surface area contributed by atoms with E-state index in [1.807, 2.05) is 52.8 Å². The Morgan fingerprint density at radius 3 is 2.45 bits per heavy atom. The van der Waals surface area contributed by atoms with Crippen molar-refractivity contribution in [3.05, 3.63) is 35.9 Å². The molecular formula is C24H35INO5+. The fourth-order valence-electron chi connectivity index (χ4n) is 6.08. The van der Waals surface area contributed by atoms with Gasteiger partial charge in [0.05, 0.1) is 10.5 Å². The molecule has 1 N–H and O–H groups in total. The predicted octanol–water partition coefficient (Wildman–Crippen LogP) is 3.75. The van der Waals surface area contributed by atoms with Gasteiger partial charge in [-0.15, -0.1) is 0 Å². The fourth-order valence-corrected chi connectivity index (χ4v) is 7.36. The number of esters is 1. The minimum atomic E-state index is -1.29. The molecule has 0 aromatic heterocycles. The second-order valence-corrected chi connectivity index (χ2v) is 12.2. The molecule has 3 aliphatic rings. The lowest BCUT2D eigenvalue weighted by molar-refractivity contribution is -0.981. The van der Waals surface area contributed by atoms with Crippen LogP contribution in [0, 0.1) is 0 Å². The van der Waals surface area contributed by atoms with Crippen molar-refractivity contribution in [3.63, 3.8) is 0 Å². The van der Waals surface area contributed by atoms with Crippen molar-refractivity contribution in [2.75, 3.05) is 6.54 Å². The number of aliphatic hydroxyl groups excluding tert-OH is 1. The lowest BCUT2D eigenvalue weighted by Gasteiger charge is -2.48. The highest BCUT2D eigenvalue weighted by Crippen LogP contribution is 2.56. The van der Waals surface area contributed by atoms with Gasteiger partial charge in [-0.2, -0.15) is 0 Å². The van der Waals surface area contributed by atoms with Gasteiger partial charge in [-0.1, -0.05) is 52.9 Å². The minimum Gasteiger partial charge on any atom is -0.458 e. The number of rotatable bonds is 4. The van der Waals surface area contributed by atoms with E-state index in [1.165, 1.54) is 5.56 Å². The average molecular weight is 544 g/mol. The summed E-state index contributed by atoms with van der Waals surface area (Å²) in [6.45, 7) is 12.4. The van der Waals surface area contributed by atoms with Crippen molar-refractivity contribution in [2.45, 2.75) is 99.7 Å². The van der Waals surface area contributed by atoms with Crippen LogP contribution in [0.2, 0.25) is 0 Å². The number of halogens is 1. The molecule has 0 spiro atoms. The van der Waals surface area contributed by atoms with Crippen molar-refractivity contribution in [2.24, 2.45) is 0 Å². The summed E-state index contributed by atoms with van der Waals surface area (Å²) >= 11 is 2.52. The van der Waals surface area contributed by atoms with E-state index in [0.29, 0.717) is 8.41 Å². The van der Waals surface area contributed by atoms with Gasteiger partial charge in [0, 0.05) is 12.0 Å². The molecule has 3 heterocycles. The highest BCUT2D eigenvalue weighted by atomic mass is 127. The van der Waals surface area contributed by atoms with Crippen molar-refractivity contribution >= 4 is 28.6 Å². The number of alkyl halides is 1. The van der Waals surface area contributed by atoms with E-state index in [-0.39, 0.29) is 24.3 Å². The first-order valence-corrected chi connectivity index (χ1v) is 12.4. The molecule has 8 atom stereocenters. The topological polar surface area (TPSA) is 65.0 Å². The number of quaternary nitrogens is 1. The van der Waals surface area contributed by atoms with Crippen LogP contribution in [0.15, 0.2) is 30.3 Å². The van der Waals surface area contributed by atoms with Crippen LogP contribution < -0.4 is 0 Å². The largest absolute Gasteiger partial charge is 0.458 e. The standard InChI is InChI=1S/C24H35INO5/c1-14(15-10-8-7-9-11-15)26-13-12-16(25)17(26)20-21(30-24(5,6)29-20)18(26)19(27)22(28)31-23(2,3)4/h7-11,14,16-21,27H,12-13H2,1-6H3/q+1/t14-,16+,17-,18+,19-,20-,21+,26+/m1/s1. The molecule has 31 heavy (non-hydrogen) atoms. The van der Waals surface area contributed by atoms with E-state index in [2.05, 4.69) is 41.6 Å². The van der Waals surface area contributed by atoms with Crippen LogP contribution in [0.5, 0.6) is 0 Å². The smallest absolute Gasteiger partial charge is 0.341 e. The summed E-state index contributed by atoms with van der Waals surface area (Å²) in [5, 5.41) is 11.5. The van der Waals surface area contributed by atoms with Gasteiger partial charge < -0.3 is 23.8 Å². The molecule has 6 nitrogen and oxygen atoms in total. The Balaban J connectivity index is 1.80. The number of fused-ring (bicyclic) bond motifs is 3. The zero-order chi connectivity index (χ0) is 22.8. The number of aliphatic hydroxyl groups is 1. The van der Waals surface area contributed by atoms with Gasteiger partial charge in [0.2, 0.25) is 6.10 Å². The van der Waals surface area contributed by atoms with Crippen molar-refractivity contribution in [3.8, 4) is 0 Å². The van der Waals surface area contributed by atoms with Crippen molar-refractivity contribution in [1.29, 1.82) is 0 Å². The highest BCUT2D eigenvalue weighted by molar-refractivity contribution is 14.1. The van der Waals surface area contributed by atoms with Crippen LogP contribution >= 0.6 is 22.6 Å². The fraction of sp³-hybridized carbons (Fsp3) is 0.708. The van der Waals surface area contributed by atoms with Crippen molar-refractivity contribution in [1.82, 2.24) is 0 Å². The van der Waals surface area contributed by atoms with Crippen LogP contribution in [0.1, 0.15) is 59.6 Å². The summed E-state index contributed by atoms with van der Waals surface area (Å²) in [7, 11) is 0. The molecule has 172 valence electrons. The Kier molecular flexibility index (Phi) is 6.00. The molecule has 1 aromatic carbocycles. The van der Waals surface area contributed by atoms with Crippen LogP contribution in [-0.4, -0.2) is 67.8 Å². The maximum atomic E-state index is 13.1. The van der Waals surface area contributed by atoms with Gasteiger partial charge in [-0.05, 0) is 41.5 Å². The molecular weight excluding hydrogens is 509 g/mol. The molecule has 0 radical (unpaired) electrons. The molecule has 1 aromatic rings. The summed E-state index contributed by atoms with van der Waals surface area (Å²) in [6, 6.07) is 10.1. The lowest BCUT2D eigenvalue weighted by Crippen LogP contribution is -2.64. The third-order valence-electron chi connectivity index (χ3n) is 7.08. The number of nitrogens with zero attached hydrogens (tertiary/aromatic N) is 1. The third kappa shape index (κ3) is 3.94. The molecule has 3 aliphatic heterocycles. The molecule has 7 heteroatoms. The van der Waals surface area contributed by atoms with E-state index in [0.717, 1.165) is 13.0 Å². The first kappa shape index (κ1) is 23.4. The number of hydrogen-bond acceptors (Lipinski definition) is 5. The van der Waals surface area contributed by atoms with Crippen LogP contribution in [0.25, 0.3) is 0 Å². The van der Waals surface area contributed by atoms with Gasteiger partial charge in [0.25, 0.3) is 0 Å². The minimum absolute atomic E-state index is 0.0777. The molecule has 3 fully saturated rings. The summed E-state index contributed by atoms with van der Waals surface area (Å²) < 4.78 is 19.4. The molecule has 0 aliphatic carbocycles. The number of benzene rings is 1. The summed E-state index contributed by atoms with van der Waals surface area (Å²) in [4.78, 5) is 13.1. The van der Waals surface area contributed by atoms with Crippen LogP contribution in [-0.2, 0) is 19.0 Å². The average Bonchev–Trinajstić information content (AvgIpc) is 3.25. The second-order valence-electron chi connectivity index (χ2n) is 10.6. The van der Waals surface area contributed by atoms with Gasteiger partial charge >= 0.3 is 5.97 Å². The van der Waals surface area contributed by atoms with Gasteiger partial charge in [0.15, 0.2) is 11.8 Å². The Bertz CT molecular complexity index is 825. The summed E-state index contributed by atoms with van der Waals surface area (Å²) in [5.74, 6) is -1.33. The van der Waals surface area contributed by atoms with E-state index in [1.54, 1.807) is 0 Å². The highest BCUT2D eigenvalue weighted by Gasteiger charge is 2.74. The molecule has 3 saturated heterocycles. The Morgan fingerprint density at radius 1 is 1.23 bits per heavy atom. The Labute approximate surface area is 199 Å². The monoisotopic (exact) mass is 544 g/mol. The van der Waals surface area contributed by atoms with Crippen molar-refractivity contribution < 1.29 is 28.6 Å². The maximum Gasteiger partial charge on any atom is 0.341 e. The van der Waals surface area contributed by atoms with E-state index >= 15 is 0 Å². The number of hydrogen-bond donors (Lipinski definition) is 1. The lowest BCUT2D eigenvalue weighted by atomic mass is 9.97. The number of carbonyl (C=O) groups is 1. The first-order valence-electron chi connectivity index (χ1n) is 11.2. The summed E-state index contributed by atoms with van der Waals surface area (Å²) in [5.41, 5.74) is 0.521. The molecule has 0 bridgehead atoms. The quantitative estimate of drug-likeness (QED) is 0.271. The predicted molar refractivity (Wildman–Crippen MR) is 126 cm³/mol. The zero-order valence-corrected chi connectivity index (χ0v) is 21.4. The molecule has 4 rings (SSSR count). The van der Waals surface area contributed by atoms with Gasteiger partial charge in [-0.25, -0.2) is 4.79 Å².